The Labute approximate surface area is 114 Å². The summed E-state index contributed by atoms with van der Waals surface area (Å²) < 4.78 is 5.72. The highest BCUT2D eigenvalue weighted by atomic mass is 35.5. The zero-order valence-corrected chi connectivity index (χ0v) is 11.5. The number of carbonyl (C=O) groups excluding carboxylic acids is 1. The monoisotopic (exact) mass is 293 g/mol. The van der Waals surface area contributed by atoms with Gasteiger partial charge in [-0.25, -0.2) is 0 Å². The first-order valence-electron chi connectivity index (χ1n) is 4.96. The van der Waals surface area contributed by atoms with Crippen LogP contribution in [-0.4, -0.2) is 11.5 Å². The molecule has 0 saturated carbocycles. The van der Waals surface area contributed by atoms with Crippen LogP contribution in [0.5, 0.6) is 5.75 Å². The van der Waals surface area contributed by atoms with Gasteiger partial charge in [0.25, 0.3) is 0 Å². The summed E-state index contributed by atoms with van der Waals surface area (Å²) in [5.41, 5.74) is -0.310. The van der Waals surface area contributed by atoms with Gasteiger partial charge in [-0.15, -0.1) is 0 Å². The number of halogens is 3. The summed E-state index contributed by atoms with van der Waals surface area (Å²) in [5, 5.41) is 3.50. The minimum atomic E-state index is -0.643. The average molecular weight is 295 g/mol. The highest BCUT2D eigenvalue weighted by Gasteiger charge is 2.32. The highest BCUT2D eigenvalue weighted by Crippen LogP contribution is 2.46. The van der Waals surface area contributed by atoms with Gasteiger partial charge in [0.15, 0.2) is 5.75 Å². The molecule has 2 rings (SSSR count). The lowest BCUT2D eigenvalue weighted by Crippen LogP contribution is -2.30. The smallest absolute Gasteiger partial charge is 0.228 e. The molecule has 92 valence electrons. The molecule has 0 saturated heterocycles. The lowest BCUT2D eigenvalue weighted by molar-refractivity contribution is -0.118. The fraction of sp³-hybridized carbons (Fsp3) is 0.364. The van der Waals surface area contributed by atoms with E-state index < -0.39 is 5.60 Å². The number of benzene rings is 1. The van der Waals surface area contributed by atoms with Gasteiger partial charge in [-0.1, -0.05) is 34.8 Å². The lowest BCUT2D eigenvalue weighted by atomic mass is 10.1. The molecule has 0 fully saturated rings. The molecular weight excluding hydrogens is 284 g/mol. The Balaban J connectivity index is 2.64. The molecule has 1 aromatic rings. The van der Waals surface area contributed by atoms with Gasteiger partial charge in [0.05, 0.1) is 21.5 Å². The standard InChI is InChI=1S/C11H10Cl3NO2/c1-11(2)4-7(16)15-9-8(14)5(12)3-6(13)10(9)17-11/h3H,4H2,1-2H3,(H,15,16). The Morgan fingerprint density at radius 2 is 1.94 bits per heavy atom. The second kappa shape index (κ2) is 4.23. The molecule has 0 bridgehead atoms. The van der Waals surface area contributed by atoms with E-state index in [1.54, 1.807) is 13.8 Å². The van der Waals surface area contributed by atoms with E-state index >= 15 is 0 Å². The average Bonchev–Trinajstić information content (AvgIpc) is 2.30. The van der Waals surface area contributed by atoms with Gasteiger partial charge in [-0.05, 0) is 19.9 Å². The molecule has 1 heterocycles. The molecule has 1 aliphatic rings. The molecule has 0 atom stereocenters. The summed E-state index contributed by atoms with van der Waals surface area (Å²) in [6.07, 6.45) is 0.214. The molecule has 0 radical (unpaired) electrons. The molecule has 1 amide bonds. The number of hydrogen-bond donors (Lipinski definition) is 1. The molecule has 0 spiro atoms. The van der Waals surface area contributed by atoms with E-state index in [2.05, 4.69) is 5.32 Å². The molecule has 0 aliphatic carbocycles. The summed E-state index contributed by atoms with van der Waals surface area (Å²) >= 11 is 18.0. The summed E-state index contributed by atoms with van der Waals surface area (Å²) in [7, 11) is 0. The number of carbonyl (C=O) groups is 1. The quantitative estimate of drug-likeness (QED) is 0.730. The Hall–Kier alpha value is -0.640. The van der Waals surface area contributed by atoms with Crippen LogP contribution >= 0.6 is 34.8 Å². The Kier molecular flexibility index (Phi) is 3.19. The molecule has 1 aliphatic heterocycles. The van der Waals surface area contributed by atoms with E-state index in [0.717, 1.165) is 0 Å². The van der Waals surface area contributed by atoms with Crippen LogP contribution in [-0.2, 0) is 4.79 Å². The van der Waals surface area contributed by atoms with Crippen molar-refractivity contribution < 1.29 is 9.53 Å². The SMILES string of the molecule is CC1(C)CC(=O)Nc2c(Cl)c(Cl)cc(Cl)c2O1. The molecule has 6 heteroatoms. The zero-order valence-electron chi connectivity index (χ0n) is 9.23. The Bertz CT molecular complexity index is 500. The predicted molar refractivity (Wildman–Crippen MR) is 69.4 cm³/mol. The van der Waals surface area contributed by atoms with E-state index in [9.17, 15) is 4.79 Å². The van der Waals surface area contributed by atoms with Crippen LogP contribution in [0.25, 0.3) is 0 Å². The van der Waals surface area contributed by atoms with E-state index in [4.69, 9.17) is 39.5 Å². The van der Waals surface area contributed by atoms with Crippen molar-refractivity contribution in [1.29, 1.82) is 0 Å². The summed E-state index contributed by atoms with van der Waals surface area (Å²) in [6, 6.07) is 1.50. The van der Waals surface area contributed by atoms with Crippen LogP contribution < -0.4 is 10.1 Å². The fourth-order valence-corrected chi connectivity index (χ4v) is 2.36. The van der Waals surface area contributed by atoms with Crippen molar-refractivity contribution in [2.75, 3.05) is 5.32 Å². The molecular formula is C11H10Cl3NO2. The van der Waals surface area contributed by atoms with Gasteiger partial charge in [0.1, 0.15) is 11.3 Å². The molecule has 0 aromatic heterocycles. The van der Waals surface area contributed by atoms with Crippen molar-refractivity contribution in [3.05, 3.63) is 21.1 Å². The number of anilines is 1. The van der Waals surface area contributed by atoms with Crippen molar-refractivity contribution >= 4 is 46.4 Å². The summed E-state index contributed by atoms with van der Waals surface area (Å²) in [4.78, 5) is 11.7. The second-order valence-electron chi connectivity index (χ2n) is 4.45. The normalized spacial score (nSPS) is 17.8. The van der Waals surface area contributed by atoms with Crippen molar-refractivity contribution in [2.45, 2.75) is 25.9 Å². The first-order chi connectivity index (χ1) is 7.80. The summed E-state index contributed by atoms with van der Waals surface area (Å²) in [5.74, 6) is 0.172. The van der Waals surface area contributed by atoms with Crippen LogP contribution in [0.2, 0.25) is 15.1 Å². The zero-order chi connectivity index (χ0) is 12.8. The second-order valence-corrected chi connectivity index (χ2v) is 5.64. The van der Waals surface area contributed by atoms with Gasteiger partial charge < -0.3 is 10.1 Å². The van der Waals surface area contributed by atoms with Crippen LogP contribution in [0.15, 0.2) is 6.07 Å². The van der Waals surface area contributed by atoms with Gasteiger partial charge >= 0.3 is 0 Å². The minimum absolute atomic E-state index is 0.186. The van der Waals surface area contributed by atoms with Crippen LogP contribution in [0.1, 0.15) is 20.3 Å². The first-order valence-corrected chi connectivity index (χ1v) is 6.10. The highest BCUT2D eigenvalue weighted by molar-refractivity contribution is 6.46. The predicted octanol–water partition coefficient (Wildman–Crippen LogP) is 4.15. The molecule has 1 N–H and O–H groups in total. The first kappa shape index (κ1) is 12.8. The molecule has 0 unspecified atom stereocenters. The third-order valence-electron chi connectivity index (χ3n) is 2.36. The van der Waals surface area contributed by atoms with E-state index in [1.807, 2.05) is 0 Å². The largest absolute Gasteiger partial charge is 0.484 e. The van der Waals surface area contributed by atoms with Crippen LogP contribution in [0.3, 0.4) is 0 Å². The Morgan fingerprint density at radius 3 is 2.59 bits per heavy atom. The van der Waals surface area contributed by atoms with E-state index in [1.165, 1.54) is 6.07 Å². The van der Waals surface area contributed by atoms with Crippen molar-refractivity contribution in [3.8, 4) is 5.75 Å². The summed E-state index contributed by atoms with van der Waals surface area (Å²) in [6.45, 7) is 3.61. The number of fused-ring (bicyclic) bond motifs is 1. The number of amides is 1. The molecule has 3 nitrogen and oxygen atoms in total. The van der Waals surface area contributed by atoms with Gasteiger partial charge in [0.2, 0.25) is 5.91 Å². The maximum Gasteiger partial charge on any atom is 0.228 e. The third kappa shape index (κ3) is 2.46. The van der Waals surface area contributed by atoms with Crippen molar-refractivity contribution in [1.82, 2.24) is 0 Å². The van der Waals surface area contributed by atoms with E-state index in [0.29, 0.717) is 16.5 Å². The lowest BCUT2D eigenvalue weighted by Gasteiger charge is -2.24. The molecule has 17 heavy (non-hydrogen) atoms. The Morgan fingerprint density at radius 1 is 1.29 bits per heavy atom. The maximum absolute atomic E-state index is 11.7. The van der Waals surface area contributed by atoms with Crippen LogP contribution in [0.4, 0.5) is 5.69 Å². The van der Waals surface area contributed by atoms with E-state index in [-0.39, 0.29) is 22.4 Å². The maximum atomic E-state index is 11.7. The number of nitrogens with one attached hydrogen (secondary N) is 1. The third-order valence-corrected chi connectivity index (χ3v) is 3.42. The van der Waals surface area contributed by atoms with Crippen LogP contribution in [0, 0.1) is 0 Å². The fourth-order valence-electron chi connectivity index (χ4n) is 1.67. The van der Waals surface area contributed by atoms with Crippen molar-refractivity contribution in [2.24, 2.45) is 0 Å². The number of hydrogen-bond acceptors (Lipinski definition) is 2. The van der Waals surface area contributed by atoms with Gasteiger partial charge in [0, 0.05) is 0 Å². The van der Waals surface area contributed by atoms with Gasteiger partial charge in [-0.3, -0.25) is 4.79 Å². The minimum Gasteiger partial charge on any atom is -0.484 e. The topological polar surface area (TPSA) is 38.3 Å². The molecule has 1 aromatic carbocycles. The van der Waals surface area contributed by atoms with Crippen molar-refractivity contribution in [3.63, 3.8) is 0 Å². The van der Waals surface area contributed by atoms with Gasteiger partial charge in [-0.2, -0.15) is 0 Å². The number of ether oxygens (including phenoxy) is 1. The number of rotatable bonds is 0.